The van der Waals surface area contributed by atoms with E-state index in [1.165, 1.54) is 11.9 Å². The fraction of sp³-hybridized carbons (Fsp3) is 0.440. The number of amides is 1. The van der Waals surface area contributed by atoms with Crippen molar-refractivity contribution in [2.45, 2.75) is 50.5 Å². The van der Waals surface area contributed by atoms with Crippen molar-refractivity contribution in [2.75, 3.05) is 19.6 Å². The van der Waals surface area contributed by atoms with Crippen molar-refractivity contribution in [1.29, 1.82) is 0 Å². The van der Waals surface area contributed by atoms with Crippen molar-refractivity contribution in [1.82, 2.24) is 9.91 Å². The van der Waals surface area contributed by atoms with Crippen molar-refractivity contribution in [3.8, 4) is 0 Å². The van der Waals surface area contributed by atoms with E-state index in [1.807, 2.05) is 35.2 Å². The molecule has 176 valence electrons. The lowest BCUT2D eigenvalue weighted by atomic mass is 9.80. The number of hydrogen-bond acceptors (Lipinski definition) is 3. The number of hydrazone groups is 1. The van der Waals surface area contributed by atoms with Crippen molar-refractivity contribution in [3.05, 3.63) is 71.3 Å². The molecule has 2 aromatic rings. The molecule has 0 aliphatic carbocycles. The molecule has 2 heterocycles. The third-order valence-electron chi connectivity index (χ3n) is 6.59. The quantitative estimate of drug-likeness (QED) is 0.546. The predicted molar refractivity (Wildman–Crippen MR) is 118 cm³/mol. The van der Waals surface area contributed by atoms with Crippen LogP contribution in [0.25, 0.3) is 0 Å². The van der Waals surface area contributed by atoms with Crippen LogP contribution >= 0.6 is 0 Å². The summed E-state index contributed by atoms with van der Waals surface area (Å²) in [7, 11) is 0. The van der Waals surface area contributed by atoms with Crippen molar-refractivity contribution in [2.24, 2.45) is 5.10 Å². The first-order valence-corrected chi connectivity index (χ1v) is 11.2. The first kappa shape index (κ1) is 23.4. The van der Waals surface area contributed by atoms with Crippen LogP contribution in [0.2, 0.25) is 0 Å². The average Bonchev–Trinajstić information content (AvgIpc) is 3.18. The van der Waals surface area contributed by atoms with Crippen molar-refractivity contribution in [3.63, 3.8) is 0 Å². The molecular formula is C25H27F4N3O. The Morgan fingerprint density at radius 3 is 2.42 bits per heavy atom. The highest BCUT2D eigenvalue weighted by Gasteiger charge is 2.46. The summed E-state index contributed by atoms with van der Waals surface area (Å²) in [5, 5.41) is 5.84. The van der Waals surface area contributed by atoms with Gasteiger partial charge < -0.3 is 4.90 Å². The fourth-order valence-corrected chi connectivity index (χ4v) is 4.85. The van der Waals surface area contributed by atoms with Crippen LogP contribution in [-0.2, 0) is 10.3 Å². The SMILES string of the molecule is CC(=O)N1N=C(c2cc(F)ccc2F)C[C@@]1(CCCN1CCC(F)(F)CC1)c1ccccc1. The first-order chi connectivity index (χ1) is 15.7. The normalized spacial score (nSPS) is 22.9. The minimum atomic E-state index is -2.60. The van der Waals surface area contributed by atoms with Gasteiger partial charge in [0, 0.05) is 44.8 Å². The number of rotatable bonds is 6. The Kier molecular flexibility index (Phi) is 6.56. The minimum absolute atomic E-state index is 0.0392. The summed E-state index contributed by atoms with van der Waals surface area (Å²) in [4.78, 5) is 14.7. The molecule has 0 bridgehead atoms. The van der Waals surface area contributed by atoms with E-state index in [9.17, 15) is 22.4 Å². The van der Waals surface area contributed by atoms with Gasteiger partial charge in [-0.2, -0.15) is 5.10 Å². The first-order valence-electron chi connectivity index (χ1n) is 11.2. The van der Waals surface area contributed by atoms with E-state index in [-0.39, 0.29) is 30.7 Å². The highest BCUT2D eigenvalue weighted by atomic mass is 19.3. The van der Waals surface area contributed by atoms with Crippen molar-refractivity contribution < 1.29 is 22.4 Å². The molecular weight excluding hydrogens is 434 g/mol. The van der Waals surface area contributed by atoms with E-state index >= 15 is 0 Å². The van der Waals surface area contributed by atoms with Gasteiger partial charge in [-0.1, -0.05) is 30.3 Å². The molecule has 0 radical (unpaired) electrons. The number of benzene rings is 2. The second kappa shape index (κ2) is 9.25. The highest BCUT2D eigenvalue weighted by molar-refractivity contribution is 6.03. The Hall–Kier alpha value is -2.74. The van der Waals surface area contributed by atoms with E-state index in [2.05, 4.69) is 5.10 Å². The summed E-state index contributed by atoms with van der Waals surface area (Å²) in [6, 6.07) is 12.6. The third-order valence-corrected chi connectivity index (χ3v) is 6.59. The zero-order chi connectivity index (χ0) is 23.6. The van der Waals surface area contributed by atoms with Crippen LogP contribution in [0.4, 0.5) is 17.6 Å². The smallest absolute Gasteiger partial charge is 0.250 e. The van der Waals surface area contributed by atoms with Gasteiger partial charge in [0.2, 0.25) is 5.91 Å². The van der Waals surface area contributed by atoms with E-state index in [0.717, 1.165) is 23.8 Å². The van der Waals surface area contributed by atoms with Gasteiger partial charge in [-0.3, -0.25) is 4.79 Å². The van der Waals surface area contributed by atoms with Gasteiger partial charge in [0.15, 0.2) is 0 Å². The lowest BCUT2D eigenvalue weighted by Gasteiger charge is -2.38. The molecule has 0 spiro atoms. The molecule has 1 fully saturated rings. The molecule has 0 saturated carbocycles. The Morgan fingerprint density at radius 1 is 1.06 bits per heavy atom. The van der Waals surface area contributed by atoms with Crippen LogP contribution in [0.3, 0.4) is 0 Å². The zero-order valence-electron chi connectivity index (χ0n) is 18.5. The van der Waals surface area contributed by atoms with E-state index in [1.54, 1.807) is 0 Å². The molecule has 1 amide bonds. The van der Waals surface area contributed by atoms with Crippen LogP contribution in [0.15, 0.2) is 53.6 Å². The molecule has 2 aliphatic heterocycles. The summed E-state index contributed by atoms with van der Waals surface area (Å²) >= 11 is 0. The standard InChI is InChI=1S/C25H27F4N3O/c1-18(33)32-24(19-6-3-2-4-7-19,10-5-13-31-14-11-25(28,29)12-15-31)17-23(30-32)21-16-20(26)8-9-22(21)27/h2-4,6-9,16H,5,10-15,17H2,1H3/t24-/m0/s1. The molecule has 8 heteroatoms. The Labute approximate surface area is 190 Å². The van der Waals surface area contributed by atoms with Gasteiger partial charge >= 0.3 is 0 Å². The van der Waals surface area contributed by atoms with Gasteiger partial charge in [-0.05, 0) is 43.1 Å². The van der Waals surface area contributed by atoms with Gasteiger partial charge in [-0.15, -0.1) is 0 Å². The molecule has 2 aliphatic rings. The van der Waals surface area contributed by atoms with Crippen LogP contribution in [-0.4, -0.2) is 47.1 Å². The molecule has 0 unspecified atom stereocenters. The average molecular weight is 462 g/mol. The van der Waals surface area contributed by atoms with Crippen LogP contribution < -0.4 is 0 Å². The number of likely N-dealkylation sites (tertiary alicyclic amines) is 1. The van der Waals surface area contributed by atoms with Gasteiger partial charge in [0.1, 0.15) is 11.6 Å². The van der Waals surface area contributed by atoms with Crippen LogP contribution in [0, 0.1) is 11.6 Å². The number of piperidine rings is 1. The molecule has 4 rings (SSSR count). The summed E-state index contributed by atoms with van der Waals surface area (Å²) < 4.78 is 55.4. The minimum Gasteiger partial charge on any atom is -0.303 e. The molecule has 4 nitrogen and oxygen atoms in total. The van der Waals surface area contributed by atoms with Gasteiger partial charge in [0.25, 0.3) is 5.92 Å². The van der Waals surface area contributed by atoms with Crippen LogP contribution in [0.1, 0.15) is 50.2 Å². The second-order valence-electron chi connectivity index (χ2n) is 8.88. The lowest BCUT2D eigenvalue weighted by Crippen LogP contribution is -2.44. The monoisotopic (exact) mass is 461 g/mol. The maximum absolute atomic E-state index is 14.5. The largest absolute Gasteiger partial charge is 0.303 e. The maximum atomic E-state index is 14.5. The van der Waals surface area contributed by atoms with E-state index < -0.39 is 23.1 Å². The molecule has 33 heavy (non-hydrogen) atoms. The second-order valence-corrected chi connectivity index (χ2v) is 8.88. The Balaban J connectivity index is 1.61. The lowest BCUT2D eigenvalue weighted by molar-refractivity contribution is -0.135. The Morgan fingerprint density at radius 2 is 1.76 bits per heavy atom. The molecule has 0 N–H and O–H groups in total. The Bertz CT molecular complexity index is 1030. The number of carbonyl (C=O) groups is 1. The maximum Gasteiger partial charge on any atom is 0.250 e. The fourth-order valence-electron chi connectivity index (χ4n) is 4.85. The number of alkyl halides is 2. The molecule has 2 aromatic carbocycles. The highest BCUT2D eigenvalue weighted by Crippen LogP contribution is 2.43. The number of carbonyl (C=O) groups excluding carboxylic acids is 1. The number of hydrogen-bond donors (Lipinski definition) is 0. The zero-order valence-corrected chi connectivity index (χ0v) is 18.5. The van der Waals surface area contributed by atoms with Gasteiger partial charge in [0.05, 0.1) is 11.3 Å². The number of halogens is 4. The summed E-state index contributed by atoms with van der Waals surface area (Å²) in [5.74, 6) is -4.08. The van der Waals surface area contributed by atoms with Gasteiger partial charge in [-0.25, -0.2) is 22.6 Å². The van der Waals surface area contributed by atoms with Crippen molar-refractivity contribution >= 4 is 11.6 Å². The van der Waals surface area contributed by atoms with E-state index in [4.69, 9.17) is 0 Å². The molecule has 1 saturated heterocycles. The summed E-state index contributed by atoms with van der Waals surface area (Å²) in [6.45, 7) is 2.68. The topological polar surface area (TPSA) is 35.9 Å². The third kappa shape index (κ3) is 4.95. The van der Waals surface area contributed by atoms with E-state index in [0.29, 0.717) is 38.2 Å². The molecule has 0 aromatic heterocycles. The van der Waals surface area contributed by atoms with Crippen LogP contribution in [0.5, 0.6) is 0 Å². The summed E-state index contributed by atoms with van der Waals surface area (Å²) in [5.41, 5.74) is 0.336. The molecule has 1 atom stereocenters. The predicted octanol–water partition coefficient (Wildman–Crippen LogP) is 5.33. The summed E-state index contributed by atoms with van der Waals surface area (Å²) in [6.07, 6.45) is 1.08. The number of nitrogens with zero attached hydrogens (tertiary/aromatic N) is 3.